The Hall–Kier alpha value is -3.24. The third-order valence-corrected chi connectivity index (χ3v) is 7.09. The first-order chi connectivity index (χ1) is 16.9. The van der Waals surface area contributed by atoms with Crippen LogP contribution in [0.5, 0.6) is 0 Å². The molecule has 3 aromatic rings. The molecule has 184 valence electrons. The number of primary amides is 1. The first-order valence-corrected chi connectivity index (χ1v) is 12.0. The Labute approximate surface area is 205 Å². The van der Waals surface area contributed by atoms with E-state index in [9.17, 15) is 14.0 Å². The Balaban J connectivity index is 0.000000175. The van der Waals surface area contributed by atoms with Gasteiger partial charge in [-0.15, -0.1) is 0 Å². The highest BCUT2D eigenvalue weighted by Crippen LogP contribution is 2.48. The number of rotatable bonds is 3. The van der Waals surface area contributed by atoms with Gasteiger partial charge >= 0.3 is 6.03 Å². The smallest absolute Gasteiger partial charge is 0.316 e. The van der Waals surface area contributed by atoms with Crippen LogP contribution in [0.25, 0.3) is 11.3 Å². The molecule has 1 aromatic carbocycles. The van der Waals surface area contributed by atoms with E-state index in [1.54, 1.807) is 18.6 Å². The van der Waals surface area contributed by atoms with Crippen LogP contribution in [0.15, 0.2) is 35.5 Å². The van der Waals surface area contributed by atoms with Gasteiger partial charge in [0.1, 0.15) is 12.0 Å². The lowest BCUT2D eigenvalue weighted by atomic mass is 9.65. The average molecular weight is 501 g/mol. The van der Waals surface area contributed by atoms with Gasteiger partial charge in [-0.3, -0.25) is 4.79 Å². The van der Waals surface area contributed by atoms with E-state index in [-0.39, 0.29) is 22.5 Å². The number of urea groups is 1. The number of ether oxygens (including phenoxy) is 1. The number of hydrogen-bond acceptors (Lipinski definition) is 5. The molecular weight excluding hydrogens is 475 g/mol. The SMILES string of the molecule is NC(=O)Nc1cc(Cl)c(-c2cncn2C2CCCCO2)cc1F.O=c1cc2c(n[nH]1)C1CC(C2)C1. The normalized spacial score (nSPS) is 22.3. The fourth-order valence-corrected chi connectivity index (χ4v) is 5.32. The second-order valence-corrected chi connectivity index (χ2v) is 9.60. The molecule has 1 saturated carbocycles. The fourth-order valence-electron chi connectivity index (χ4n) is 5.06. The standard InChI is InChI=1S/C15H16ClFN4O2.C9H10N2O/c16-10-6-12(20-15(18)22)11(17)5-9(10)13-7-19-8-21(13)14-3-1-2-4-23-14;12-8-4-7-3-5-1-6(2-5)9(7)11-10-8/h5-8,14H,1-4H2,(H3,18,20,22);4-6H,1-3H2,(H,10,12). The lowest BCUT2D eigenvalue weighted by Gasteiger charge is -2.40. The Morgan fingerprint density at radius 2 is 2.11 bits per heavy atom. The average Bonchev–Trinajstić information content (AvgIpc) is 3.30. The summed E-state index contributed by atoms with van der Waals surface area (Å²) in [5.74, 6) is 0.863. The summed E-state index contributed by atoms with van der Waals surface area (Å²) in [6, 6.07) is 3.44. The number of imidazole rings is 1. The Morgan fingerprint density at radius 1 is 1.29 bits per heavy atom. The van der Waals surface area contributed by atoms with E-state index in [0.29, 0.717) is 23.8 Å². The monoisotopic (exact) mass is 500 g/mol. The molecule has 2 amide bonds. The maximum Gasteiger partial charge on any atom is 0.316 e. The van der Waals surface area contributed by atoms with Crippen molar-refractivity contribution in [2.45, 2.75) is 50.7 Å². The van der Waals surface area contributed by atoms with Crippen molar-refractivity contribution in [3.63, 3.8) is 0 Å². The minimum Gasteiger partial charge on any atom is -0.358 e. The molecule has 2 bridgehead atoms. The van der Waals surface area contributed by atoms with Gasteiger partial charge in [-0.25, -0.2) is 19.3 Å². The third kappa shape index (κ3) is 4.94. The predicted octanol–water partition coefficient (Wildman–Crippen LogP) is 4.35. The number of halogens is 2. The van der Waals surface area contributed by atoms with Crippen molar-refractivity contribution >= 4 is 23.3 Å². The number of H-pyrrole nitrogens is 1. The number of aromatic amines is 1. The molecule has 3 aliphatic carbocycles. The van der Waals surface area contributed by atoms with Gasteiger partial charge in [-0.1, -0.05) is 11.6 Å². The van der Waals surface area contributed by atoms with Gasteiger partial charge in [0.15, 0.2) is 0 Å². The van der Waals surface area contributed by atoms with Crippen LogP contribution in [0.3, 0.4) is 0 Å². The van der Waals surface area contributed by atoms with Crippen LogP contribution >= 0.6 is 11.6 Å². The van der Waals surface area contributed by atoms with Gasteiger partial charge in [-0.05, 0) is 62.1 Å². The second-order valence-electron chi connectivity index (χ2n) is 9.19. The van der Waals surface area contributed by atoms with Crippen molar-refractivity contribution in [3.8, 4) is 11.3 Å². The summed E-state index contributed by atoms with van der Waals surface area (Å²) >= 11 is 6.25. The predicted molar refractivity (Wildman–Crippen MR) is 129 cm³/mol. The molecule has 2 aromatic heterocycles. The molecule has 11 heteroatoms. The molecule has 4 aliphatic rings. The molecule has 3 heterocycles. The van der Waals surface area contributed by atoms with E-state index in [2.05, 4.69) is 20.5 Å². The first kappa shape index (κ1) is 23.5. The molecular formula is C24H26ClFN6O3. The van der Waals surface area contributed by atoms with E-state index in [1.807, 2.05) is 4.57 Å². The van der Waals surface area contributed by atoms with Gasteiger partial charge in [-0.2, -0.15) is 5.10 Å². The Kier molecular flexibility index (Phi) is 6.57. The molecule has 1 unspecified atom stereocenters. The van der Waals surface area contributed by atoms with Gasteiger partial charge in [0.05, 0.1) is 34.6 Å². The van der Waals surface area contributed by atoms with Crippen LogP contribution in [0.4, 0.5) is 14.9 Å². The molecule has 1 saturated heterocycles. The summed E-state index contributed by atoms with van der Waals surface area (Å²) in [5, 5.41) is 9.09. The van der Waals surface area contributed by atoms with Crippen LogP contribution in [-0.2, 0) is 11.2 Å². The molecule has 7 rings (SSSR count). The number of nitrogens with one attached hydrogen (secondary N) is 2. The van der Waals surface area contributed by atoms with Crippen LogP contribution < -0.4 is 16.6 Å². The number of carbonyl (C=O) groups excluding carboxylic acids is 1. The highest BCUT2D eigenvalue weighted by Gasteiger charge is 2.38. The zero-order chi connectivity index (χ0) is 24.5. The highest BCUT2D eigenvalue weighted by atomic mass is 35.5. The molecule has 4 N–H and O–H groups in total. The minimum absolute atomic E-state index is 0.0601. The summed E-state index contributed by atoms with van der Waals surface area (Å²) in [6.07, 6.45) is 9.72. The van der Waals surface area contributed by atoms with E-state index in [1.165, 1.54) is 30.5 Å². The van der Waals surface area contributed by atoms with Crippen LogP contribution in [-0.4, -0.2) is 32.4 Å². The van der Waals surface area contributed by atoms with Crippen molar-refractivity contribution in [1.82, 2.24) is 19.7 Å². The number of amides is 2. The number of aromatic nitrogens is 4. The summed E-state index contributed by atoms with van der Waals surface area (Å²) in [4.78, 5) is 25.9. The van der Waals surface area contributed by atoms with Gasteiger partial charge in [0.25, 0.3) is 5.56 Å². The number of hydrogen-bond donors (Lipinski definition) is 3. The van der Waals surface area contributed by atoms with Crippen LogP contribution in [0.1, 0.15) is 55.5 Å². The summed E-state index contributed by atoms with van der Waals surface area (Å²) in [5.41, 5.74) is 8.36. The molecule has 1 aliphatic heterocycles. The molecule has 0 spiro atoms. The zero-order valence-electron chi connectivity index (χ0n) is 19.0. The highest BCUT2D eigenvalue weighted by molar-refractivity contribution is 6.33. The van der Waals surface area contributed by atoms with E-state index in [0.717, 1.165) is 37.3 Å². The topological polar surface area (TPSA) is 128 Å². The number of nitrogens with zero attached hydrogens (tertiary/aromatic N) is 3. The molecule has 1 atom stereocenters. The van der Waals surface area contributed by atoms with Crippen LogP contribution in [0.2, 0.25) is 5.02 Å². The second kappa shape index (κ2) is 9.79. The van der Waals surface area contributed by atoms with Gasteiger partial charge in [0, 0.05) is 24.2 Å². The molecule has 2 fully saturated rings. The fraction of sp³-hybridized carbons (Fsp3) is 0.417. The molecule has 35 heavy (non-hydrogen) atoms. The number of nitrogens with two attached hydrogens (primary N) is 1. The van der Waals surface area contributed by atoms with Crippen molar-refractivity contribution in [1.29, 1.82) is 0 Å². The lowest BCUT2D eigenvalue weighted by Crippen LogP contribution is -2.33. The molecule has 0 radical (unpaired) electrons. The Bertz CT molecular complexity index is 1300. The van der Waals surface area contributed by atoms with Crippen LogP contribution in [0, 0.1) is 11.7 Å². The third-order valence-electron chi connectivity index (χ3n) is 6.77. The molecule has 9 nitrogen and oxygen atoms in total. The number of anilines is 1. The number of carbonyl (C=O) groups is 1. The maximum atomic E-state index is 14.2. The van der Waals surface area contributed by atoms with Gasteiger partial charge in [0.2, 0.25) is 0 Å². The lowest BCUT2D eigenvalue weighted by molar-refractivity contribution is -0.0310. The van der Waals surface area contributed by atoms with Crippen molar-refractivity contribution in [3.05, 3.63) is 63.2 Å². The van der Waals surface area contributed by atoms with E-state index in [4.69, 9.17) is 22.1 Å². The zero-order valence-corrected chi connectivity index (χ0v) is 19.7. The Morgan fingerprint density at radius 3 is 2.86 bits per heavy atom. The summed E-state index contributed by atoms with van der Waals surface area (Å²) in [7, 11) is 0. The van der Waals surface area contributed by atoms with Crippen molar-refractivity contribution in [2.75, 3.05) is 11.9 Å². The largest absolute Gasteiger partial charge is 0.358 e. The summed E-state index contributed by atoms with van der Waals surface area (Å²) < 4.78 is 21.8. The first-order valence-electron chi connectivity index (χ1n) is 11.7. The van der Waals surface area contributed by atoms with Crippen molar-refractivity contribution in [2.24, 2.45) is 11.7 Å². The van der Waals surface area contributed by atoms with E-state index >= 15 is 0 Å². The van der Waals surface area contributed by atoms with Gasteiger partial charge < -0.3 is 20.4 Å². The maximum absolute atomic E-state index is 14.2. The summed E-state index contributed by atoms with van der Waals surface area (Å²) in [6.45, 7) is 0.686. The number of benzene rings is 1. The van der Waals surface area contributed by atoms with Crippen molar-refractivity contribution < 1.29 is 13.9 Å². The van der Waals surface area contributed by atoms with E-state index < -0.39 is 11.8 Å². The minimum atomic E-state index is -0.853. The quantitative estimate of drug-likeness (QED) is 0.492.